The van der Waals surface area contributed by atoms with Gasteiger partial charge in [-0.15, -0.1) is 23.1 Å². The van der Waals surface area contributed by atoms with Crippen molar-refractivity contribution in [1.82, 2.24) is 14.9 Å². The molecule has 0 unspecified atom stereocenters. The van der Waals surface area contributed by atoms with Crippen LogP contribution in [0.15, 0.2) is 4.79 Å². The number of aromatic amines is 1. The molecule has 0 bridgehead atoms. The third kappa shape index (κ3) is 3.92. The number of aryl methyl sites for hydroxylation is 2. The molecule has 3 heterocycles. The number of piperidine rings is 1. The number of carbonyl (C=O) groups is 1. The van der Waals surface area contributed by atoms with Gasteiger partial charge in [0, 0.05) is 17.5 Å². The number of amides is 1. The lowest BCUT2D eigenvalue weighted by Gasteiger charge is -2.35. The third-order valence-electron chi connectivity index (χ3n) is 4.97. The molecule has 2 aromatic rings. The van der Waals surface area contributed by atoms with E-state index in [4.69, 9.17) is 0 Å². The van der Waals surface area contributed by atoms with Crippen LogP contribution in [0.5, 0.6) is 0 Å². The van der Waals surface area contributed by atoms with Gasteiger partial charge in [-0.3, -0.25) is 9.59 Å². The number of nitrogens with one attached hydrogen (secondary N) is 1. The molecule has 1 amide bonds. The molecule has 5 nitrogen and oxygen atoms in total. The lowest BCUT2D eigenvalue weighted by Crippen LogP contribution is -2.44. The average Bonchev–Trinajstić information content (AvgIpc) is 2.89. The minimum atomic E-state index is -0.0733. The summed E-state index contributed by atoms with van der Waals surface area (Å²) in [6.07, 6.45) is 4.48. The summed E-state index contributed by atoms with van der Waals surface area (Å²) in [6.45, 7) is 7.00. The van der Waals surface area contributed by atoms with Crippen LogP contribution in [0.3, 0.4) is 0 Å². The number of carbonyl (C=O) groups excluding carboxylic acids is 1. The second kappa shape index (κ2) is 7.91. The number of hydrogen-bond donors (Lipinski definition) is 1. The first-order chi connectivity index (χ1) is 12.0. The molecule has 0 aromatic carbocycles. The molecule has 1 saturated heterocycles. The molecule has 0 aliphatic carbocycles. The monoisotopic (exact) mass is 379 g/mol. The first-order valence-electron chi connectivity index (χ1n) is 8.87. The van der Waals surface area contributed by atoms with Gasteiger partial charge in [-0.1, -0.05) is 6.92 Å². The van der Waals surface area contributed by atoms with E-state index < -0.39 is 0 Å². The largest absolute Gasteiger partial charge is 0.339 e. The number of rotatable bonds is 5. The zero-order chi connectivity index (χ0) is 18.0. The van der Waals surface area contributed by atoms with Crippen LogP contribution >= 0.6 is 23.1 Å². The maximum atomic E-state index is 12.5. The number of thiophene rings is 1. The van der Waals surface area contributed by atoms with Crippen molar-refractivity contribution in [1.29, 1.82) is 0 Å². The van der Waals surface area contributed by atoms with Crippen LogP contribution in [-0.2, 0) is 10.5 Å². The molecule has 1 aliphatic heterocycles. The normalized spacial score (nSPS) is 18.0. The molecule has 0 saturated carbocycles. The van der Waals surface area contributed by atoms with Crippen LogP contribution in [0.25, 0.3) is 10.2 Å². The lowest BCUT2D eigenvalue weighted by molar-refractivity contribution is -0.132. The summed E-state index contributed by atoms with van der Waals surface area (Å²) in [4.78, 5) is 36.2. The van der Waals surface area contributed by atoms with Gasteiger partial charge in [0.15, 0.2) is 0 Å². The molecule has 25 heavy (non-hydrogen) atoms. The highest BCUT2D eigenvalue weighted by Crippen LogP contribution is 2.26. The fourth-order valence-electron chi connectivity index (χ4n) is 3.44. The molecule has 2 aromatic heterocycles. The summed E-state index contributed by atoms with van der Waals surface area (Å²) in [7, 11) is 0. The molecule has 1 aliphatic rings. The van der Waals surface area contributed by atoms with E-state index in [1.54, 1.807) is 11.3 Å². The zero-order valence-electron chi connectivity index (χ0n) is 15.1. The number of thioether (sulfide) groups is 1. The molecular weight excluding hydrogens is 354 g/mol. The molecule has 3 rings (SSSR count). The van der Waals surface area contributed by atoms with E-state index in [1.807, 2.05) is 18.7 Å². The van der Waals surface area contributed by atoms with Gasteiger partial charge in [0.2, 0.25) is 5.91 Å². The Bertz CT molecular complexity index is 828. The van der Waals surface area contributed by atoms with Gasteiger partial charge in [-0.2, -0.15) is 0 Å². The first-order valence-corrected chi connectivity index (χ1v) is 10.8. The molecular formula is C18H25N3O2S2. The number of aromatic nitrogens is 2. The van der Waals surface area contributed by atoms with Crippen molar-refractivity contribution in [2.75, 3.05) is 12.3 Å². The highest BCUT2D eigenvalue weighted by atomic mass is 32.2. The van der Waals surface area contributed by atoms with Gasteiger partial charge in [-0.25, -0.2) is 4.98 Å². The van der Waals surface area contributed by atoms with E-state index >= 15 is 0 Å². The number of likely N-dealkylation sites (tertiary alicyclic amines) is 1. The van der Waals surface area contributed by atoms with Gasteiger partial charge in [0.25, 0.3) is 5.56 Å². The van der Waals surface area contributed by atoms with Crippen LogP contribution in [0.1, 0.15) is 48.9 Å². The summed E-state index contributed by atoms with van der Waals surface area (Å²) >= 11 is 3.09. The van der Waals surface area contributed by atoms with Crippen LogP contribution in [0.4, 0.5) is 0 Å². The van der Waals surface area contributed by atoms with Gasteiger partial charge in [0.1, 0.15) is 10.7 Å². The SMILES string of the molecule is CC[C@H]1CCCCN1C(=O)CSCc1nc2sc(C)c(C)c2c(=O)[nH]1. The van der Waals surface area contributed by atoms with E-state index in [9.17, 15) is 9.59 Å². The fraction of sp³-hybridized carbons (Fsp3) is 0.611. The van der Waals surface area contributed by atoms with Crippen molar-refractivity contribution < 1.29 is 4.79 Å². The quantitative estimate of drug-likeness (QED) is 0.861. The molecule has 0 spiro atoms. The van der Waals surface area contributed by atoms with Crippen LogP contribution < -0.4 is 5.56 Å². The first kappa shape index (κ1) is 18.5. The van der Waals surface area contributed by atoms with Crippen molar-refractivity contribution in [3.63, 3.8) is 0 Å². The third-order valence-corrected chi connectivity index (χ3v) is 7.00. The Morgan fingerprint density at radius 2 is 2.20 bits per heavy atom. The Hall–Kier alpha value is -1.34. The van der Waals surface area contributed by atoms with E-state index in [-0.39, 0.29) is 11.5 Å². The highest BCUT2D eigenvalue weighted by molar-refractivity contribution is 7.99. The Kier molecular flexibility index (Phi) is 5.84. The van der Waals surface area contributed by atoms with Crippen molar-refractivity contribution in [3.05, 3.63) is 26.6 Å². The average molecular weight is 380 g/mol. The molecule has 0 radical (unpaired) electrons. The molecule has 7 heteroatoms. The van der Waals surface area contributed by atoms with Crippen LogP contribution in [0, 0.1) is 13.8 Å². The van der Waals surface area contributed by atoms with Gasteiger partial charge in [0.05, 0.1) is 16.9 Å². The standard InChI is InChI=1S/C18H25N3O2S2/c1-4-13-7-5-6-8-21(13)15(22)10-24-9-14-19-17(23)16-11(2)12(3)25-18(16)20-14/h13H,4-10H2,1-3H3,(H,19,20,23)/t13-/m0/s1. The Balaban J connectivity index is 1.63. The molecule has 136 valence electrons. The maximum absolute atomic E-state index is 12.5. The van der Waals surface area contributed by atoms with Crippen LogP contribution in [-0.4, -0.2) is 39.1 Å². The lowest BCUT2D eigenvalue weighted by atomic mass is 10.0. The topological polar surface area (TPSA) is 66.1 Å². The van der Waals surface area contributed by atoms with Crippen molar-refractivity contribution in [2.24, 2.45) is 0 Å². The second-order valence-corrected chi connectivity index (χ2v) is 8.80. The Morgan fingerprint density at radius 3 is 2.96 bits per heavy atom. The molecule has 1 N–H and O–H groups in total. The van der Waals surface area contributed by atoms with E-state index in [0.717, 1.165) is 41.1 Å². The van der Waals surface area contributed by atoms with Gasteiger partial charge >= 0.3 is 0 Å². The van der Waals surface area contributed by atoms with Crippen molar-refractivity contribution >= 4 is 39.2 Å². The number of hydrogen-bond acceptors (Lipinski definition) is 5. The zero-order valence-corrected chi connectivity index (χ0v) is 16.7. The predicted molar refractivity (Wildman–Crippen MR) is 106 cm³/mol. The van der Waals surface area contributed by atoms with E-state index in [0.29, 0.717) is 28.8 Å². The smallest absolute Gasteiger partial charge is 0.259 e. The second-order valence-electron chi connectivity index (χ2n) is 6.61. The van der Waals surface area contributed by atoms with E-state index in [1.165, 1.54) is 18.2 Å². The van der Waals surface area contributed by atoms with Gasteiger partial charge < -0.3 is 9.88 Å². The maximum Gasteiger partial charge on any atom is 0.259 e. The summed E-state index contributed by atoms with van der Waals surface area (Å²) in [6, 6.07) is 0.396. The minimum Gasteiger partial charge on any atom is -0.339 e. The van der Waals surface area contributed by atoms with Gasteiger partial charge in [-0.05, 0) is 45.1 Å². The summed E-state index contributed by atoms with van der Waals surface area (Å²) in [5.41, 5.74) is 0.940. The fourth-order valence-corrected chi connectivity index (χ4v) is 5.26. The Labute approximate surface area is 156 Å². The number of H-pyrrole nitrogens is 1. The van der Waals surface area contributed by atoms with Crippen LogP contribution in [0.2, 0.25) is 0 Å². The van der Waals surface area contributed by atoms with E-state index in [2.05, 4.69) is 16.9 Å². The highest BCUT2D eigenvalue weighted by Gasteiger charge is 2.24. The number of nitrogens with zero attached hydrogens (tertiary/aromatic N) is 2. The van der Waals surface area contributed by atoms with Crippen molar-refractivity contribution in [2.45, 2.75) is 58.2 Å². The molecule has 1 fully saturated rings. The summed E-state index contributed by atoms with van der Waals surface area (Å²) in [5, 5.41) is 0.700. The predicted octanol–water partition coefficient (Wildman–Crippen LogP) is 3.63. The summed E-state index contributed by atoms with van der Waals surface area (Å²) in [5.74, 6) is 1.86. The summed E-state index contributed by atoms with van der Waals surface area (Å²) < 4.78 is 0. The Morgan fingerprint density at radius 1 is 1.40 bits per heavy atom. The number of fused-ring (bicyclic) bond motifs is 1. The van der Waals surface area contributed by atoms with Crippen molar-refractivity contribution in [3.8, 4) is 0 Å². The molecule has 1 atom stereocenters. The minimum absolute atomic E-state index is 0.0733.